The number of rotatable bonds is 4. The lowest BCUT2D eigenvalue weighted by molar-refractivity contribution is 0.0734. The van der Waals surface area contributed by atoms with Crippen molar-refractivity contribution in [1.29, 1.82) is 0 Å². The van der Waals surface area contributed by atoms with Crippen molar-refractivity contribution in [3.05, 3.63) is 58.1 Å². The summed E-state index contributed by atoms with van der Waals surface area (Å²) in [6, 6.07) is 10.2. The van der Waals surface area contributed by atoms with Crippen LogP contribution in [0.15, 0.2) is 36.4 Å². The summed E-state index contributed by atoms with van der Waals surface area (Å²) in [5.41, 5.74) is 2.28. The first-order valence-electron chi connectivity index (χ1n) is 8.68. The molecule has 5 nitrogen and oxygen atoms in total. The molecule has 0 unspecified atom stereocenters. The van der Waals surface area contributed by atoms with Crippen LogP contribution in [0.2, 0.25) is 5.02 Å². The molecular formula is C21H24ClNO4. The summed E-state index contributed by atoms with van der Waals surface area (Å²) >= 11 is 5.95. The molecule has 0 aliphatic heterocycles. The van der Waals surface area contributed by atoms with E-state index in [1.807, 2.05) is 13.0 Å². The second kappa shape index (κ2) is 8.44. The minimum atomic E-state index is -0.608. The molecule has 1 N–H and O–H groups in total. The maximum atomic E-state index is 12.5. The van der Waals surface area contributed by atoms with Crippen LogP contribution in [0.3, 0.4) is 0 Å². The third-order valence-electron chi connectivity index (χ3n) is 3.91. The Morgan fingerprint density at radius 3 is 2.44 bits per heavy atom. The van der Waals surface area contributed by atoms with Crippen molar-refractivity contribution in [2.75, 3.05) is 11.9 Å². The smallest absolute Gasteiger partial charge is 0.411 e. The molecule has 0 spiro atoms. The van der Waals surface area contributed by atoms with E-state index in [-0.39, 0.29) is 17.8 Å². The van der Waals surface area contributed by atoms with Gasteiger partial charge >= 0.3 is 12.1 Å². The first-order valence-corrected chi connectivity index (χ1v) is 9.06. The molecule has 6 heteroatoms. The number of carbonyl (C=O) groups is 2. The molecule has 0 fully saturated rings. The number of anilines is 1. The molecule has 144 valence electrons. The van der Waals surface area contributed by atoms with Gasteiger partial charge in [0.15, 0.2) is 5.75 Å². The van der Waals surface area contributed by atoms with Gasteiger partial charge in [-0.2, -0.15) is 0 Å². The summed E-state index contributed by atoms with van der Waals surface area (Å²) in [6.45, 7) is 9.97. The second-order valence-corrected chi connectivity index (χ2v) is 7.60. The van der Waals surface area contributed by atoms with Gasteiger partial charge in [0.25, 0.3) is 0 Å². The SMILES string of the molecule is CCOC(=O)Nc1cc(C(C)(C)C)cc(C)c1OC(=O)c1cccc(Cl)c1. The van der Waals surface area contributed by atoms with Crippen LogP contribution in [0, 0.1) is 6.92 Å². The minimum absolute atomic E-state index is 0.147. The normalized spacial score (nSPS) is 11.0. The van der Waals surface area contributed by atoms with E-state index in [0.717, 1.165) is 11.1 Å². The van der Waals surface area contributed by atoms with E-state index < -0.39 is 12.1 Å². The van der Waals surface area contributed by atoms with Crippen LogP contribution in [0.5, 0.6) is 5.75 Å². The maximum absolute atomic E-state index is 12.5. The van der Waals surface area contributed by atoms with Crippen LogP contribution in [-0.2, 0) is 10.2 Å². The van der Waals surface area contributed by atoms with Gasteiger partial charge < -0.3 is 9.47 Å². The highest BCUT2D eigenvalue weighted by Gasteiger charge is 2.22. The van der Waals surface area contributed by atoms with Crippen molar-refractivity contribution < 1.29 is 19.1 Å². The van der Waals surface area contributed by atoms with E-state index in [2.05, 4.69) is 26.1 Å². The fraction of sp³-hybridized carbons (Fsp3) is 0.333. The van der Waals surface area contributed by atoms with Crippen LogP contribution in [0.25, 0.3) is 0 Å². The Morgan fingerprint density at radius 1 is 1.15 bits per heavy atom. The Morgan fingerprint density at radius 2 is 1.85 bits per heavy atom. The molecule has 0 bridgehead atoms. The summed E-state index contributed by atoms with van der Waals surface area (Å²) in [5.74, 6) is -0.281. The number of benzene rings is 2. The molecule has 2 aromatic carbocycles. The van der Waals surface area contributed by atoms with Crippen molar-refractivity contribution >= 4 is 29.4 Å². The van der Waals surface area contributed by atoms with Crippen molar-refractivity contribution in [1.82, 2.24) is 0 Å². The lowest BCUT2D eigenvalue weighted by Crippen LogP contribution is -2.18. The lowest BCUT2D eigenvalue weighted by atomic mass is 9.85. The van der Waals surface area contributed by atoms with Crippen molar-refractivity contribution in [3.63, 3.8) is 0 Å². The van der Waals surface area contributed by atoms with Crippen LogP contribution in [0.4, 0.5) is 10.5 Å². The topological polar surface area (TPSA) is 64.6 Å². The molecule has 0 aromatic heterocycles. The molecule has 0 saturated heterocycles. The highest BCUT2D eigenvalue weighted by atomic mass is 35.5. The largest absolute Gasteiger partial charge is 0.450 e. The van der Waals surface area contributed by atoms with Crippen LogP contribution >= 0.6 is 11.6 Å². The number of nitrogens with one attached hydrogen (secondary N) is 1. The first-order chi connectivity index (χ1) is 12.6. The maximum Gasteiger partial charge on any atom is 0.411 e. The van der Waals surface area contributed by atoms with Gasteiger partial charge in [-0.1, -0.05) is 44.5 Å². The van der Waals surface area contributed by atoms with E-state index in [1.54, 1.807) is 31.2 Å². The highest BCUT2D eigenvalue weighted by molar-refractivity contribution is 6.30. The first kappa shape index (κ1) is 20.8. The lowest BCUT2D eigenvalue weighted by Gasteiger charge is -2.23. The van der Waals surface area contributed by atoms with E-state index in [4.69, 9.17) is 21.1 Å². The van der Waals surface area contributed by atoms with E-state index in [9.17, 15) is 9.59 Å². The fourth-order valence-corrected chi connectivity index (χ4v) is 2.67. The Kier molecular flexibility index (Phi) is 6.50. The minimum Gasteiger partial charge on any atom is -0.450 e. The summed E-state index contributed by atoms with van der Waals surface area (Å²) in [5, 5.41) is 3.11. The number of esters is 1. The average molecular weight is 390 g/mol. The van der Waals surface area contributed by atoms with Gasteiger partial charge in [-0.05, 0) is 54.7 Å². The summed E-state index contributed by atoms with van der Waals surface area (Å²) in [4.78, 5) is 24.5. The third-order valence-corrected chi connectivity index (χ3v) is 4.14. The van der Waals surface area contributed by atoms with Crippen molar-refractivity contribution in [2.24, 2.45) is 0 Å². The highest BCUT2D eigenvalue weighted by Crippen LogP contribution is 2.35. The predicted molar refractivity (Wildman–Crippen MR) is 107 cm³/mol. The Balaban J connectivity index is 2.43. The van der Waals surface area contributed by atoms with Crippen molar-refractivity contribution in [3.8, 4) is 5.75 Å². The van der Waals surface area contributed by atoms with Gasteiger partial charge in [0, 0.05) is 5.02 Å². The molecule has 2 rings (SSSR count). The van der Waals surface area contributed by atoms with Crippen molar-refractivity contribution in [2.45, 2.75) is 40.0 Å². The zero-order chi connectivity index (χ0) is 20.2. The van der Waals surface area contributed by atoms with Gasteiger partial charge in [-0.15, -0.1) is 0 Å². The quantitative estimate of drug-likeness (QED) is 0.535. The van der Waals surface area contributed by atoms with E-state index in [0.29, 0.717) is 16.3 Å². The Labute approximate surface area is 164 Å². The molecule has 0 aliphatic rings. The Bertz CT molecular complexity index is 856. The molecule has 0 aliphatic carbocycles. The number of hydrogen-bond acceptors (Lipinski definition) is 4. The second-order valence-electron chi connectivity index (χ2n) is 7.17. The average Bonchev–Trinajstić information content (AvgIpc) is 2.56. The molecule has 0 atom stereocenters. The number of ether oxygens (including phenoxy) is 2. The van der Waals surface area contributed by atoms with E-state index in [1.165, 1.54) is 6.07 Å². The number of halogens is 1. The molecule has 0 radical (unpaired) electrons. The predicted octanol–water partition coefficient (Wildman–Crippen LogP) is 5.73. The van der Waals surface area contributed by atoms with Gasteiger partial charge in [-0.25, -0.2) is 9.59 Å². The number of hydrogen-bond donors (Lipinski definition) is 1. The fourth-order valence-electron chi connectivity index (χ4n) is 2.48. The molecule has 2 aromatic rings. The number of amides is 1. The van der Waals surface area contributed by atoms with Crippen LogP contribution in [0.1, 0.15) is 49.2 Å². The Hall–Kier alpha value is -2.53. The molecule has 27 heavy (non-hydrogen) atoms. The third kappa shape index (κ3) is 5.47. The monoisotopic (exact) mass is 389 g/mol. The van der Waals surface area contributed by atoms with Crippen LogP contribution in [-0.4, -0.2) is 18.7 Å². The van der Waals surface area contributed by atoms with Gasteiger partial charge in [-0.3, -0.25) is 5.32 Å². The van der Waals surface area contributed by atoms with Gasteiger partial charge in [0.05, 0.1) is 17.9 Å². The summed E-state index contributed by atoms with van der Waals surface area (Å²) in [6.07, 6.45) is -0.608. The summed E-state index contributed by atoms with van der Waals surface area (Å²) in [7, 11) is 0. The molecular weight excluding hydrogens is 366 g/mol. The zero-order valence-electron chi connectivity index (χ0n) is 16.2. The molecule has 0 heterocycles. The summed E-state index contributed by atoms with van der Waals surface area (Å²) < 4.78 is 10.6. The van der Waals surface area contributed by atoms with E-state index >= 15 is 0 Å². The standard InChI is InChI=1S/C21H24ClNO4/c1-6-26-20(25)23-17-12-15(21(3,4)5)10-13(2)18(17)27-19(24)14-8-7-9-16(22)11-14/h7-12H,6H2,1-5H3,(H,23,25). The number of aryl methyl sites for hydroxylation is 1. The molecule has 0 saturated carbocycles. The number of carbonyl (C=O) groups excluding carboxylic acids is 2. The molecule has 1 amide bonds. The van der Waals surface area contributed by atoms with Crippen LogP contribution < -0.4 is 10.1 Å². The van der Waals surface area contributed by atoms with Gasteiger partial charge in [0.2, 0.25) is 0 Å². The zero-order valence-corrected chi connectivity index (χ0v) is 16.9. The van der Waals surface area contributed by atoms with Gasteiger partial charge in [0.1, 0.15) is 0 Å².